The number of hydrogen-bond acceptors (Lipinski definition) is 3. The van der Waals surface area contributed by atoms with Crippen LogP contribution in [0.4, 0.5) is 0 Å². The van der Waals surface area contributed by atoms with Crippen molar-refractivity contribution in [2.45, 2.75) is 19.9 Å². The molecule has 0 aromatic heterocycles. The van der Waals surface area contributed by atoms with Crippen molar-refractivity contribution in [1.29, 1.82) is 5.26 Å². The molecule has 4 nitrogen and oxygen atoms in total. The van der Waals surface area contributed by atoms with Gasteiger partial charge in [0.15, 0.2) is 0 Å². The maximum atomic E-state index is 12.6. The van der Waals surface area contributed by atoms with E-state index in [1.54, 1.807) is 36.3 Å². The summed E-state index contributed by atoms with van der Waals surface area (Å²) >= 11 is 0. The van der Waals surface area contributed by atoms with Crippen molar-refractivity contribution >= 4 is 12.0 Å². The summed E-state index contributed by atoms with van der Waals surface area (Å²) in [6.45, 7) is 3.24. The molecular formula is C21H22N2O2. The monoisotopic (exact) mass is 334 g/mol. The van der Waals surface area contributed by atoms with Crippen molar-refractivity contribution < 1.29 is 9.53 Å². The van der Waals surface area contributed by atoms with Crippen LogP contribution < -0.4 is 4.74 Å². The molecule has 0 fully saturated rings. The van der Waals surface area contributed by atoms with Gasteiger partial charge in [0.05, 0.1) is 18.7 Å². The number of methoxy groups -OCH3 is 1. The topological polar surface area (TPSA) is 53.3 Å². The summed E-state index contributed by atoms with van der Waals surface area (Å²) in [7, 11) is 1.61. The summed E-state index contributed by atoms with van der Waals surface area (Å²) in [5.74, 6) is 0.692. The number of carbonyl (C=O) groups excluding carboxylic acids is 1. The van der Waals surface area contributed by atoms with Crippen LogP contribution >= 0.6 is 0 Å². The molecule has 0 aliphatic rings. The summed E-state index contributed by atoms with van der Waals surface area (Å²) in [5.41, 5.74) is 2.49. The van der Waals surface area contributed by atoms with Crippen LogP contribution in [-0.4, -0.2) is 24.5 Å². The number of hydrogen-bond donors (Lipinski definition) is 0. The zero-order valence-electron chi connectivity index (χ0n) is 14.6. The molecule has 0 bridgehead atoms. The molecule has 0 unspecified atom stereocenters. The first-order valence-electron chi connectivity index (χ1n) is 8.27. The van der Waals surface area contributed by atoms with Gasteiger partial charge in [-0.2, -0.15) is 5.26 Å². The van der Waals surface area contributed by atoms with E-state index >= 15 is 0 Å². The van der Waals surface area contributed by atoms with Gasteiger partial charge in [-0.3, -0.25) is 4.79 Å². The van der Waals surface area contributed by atoms with Crippen LogP contribution in [0, 0.1) is 11.3 Å². The van der Waals surface area contributed by atoms with Crippen LogP contribution in [0.25, 0.3) is 6.08 Å². The molecule has 2 aromatic rings. The normalized spacial score (nSPS) is 10.4. The molecular weight excluding hydrogens is 312 g/mol. The predicted molar refractivity (Wildman–Crippen MR) is 98.9 cm³/mol. The third kappa shape index (κ3) is 5.22. The van der Waals surface area contributed by atoms with Crippen LogP contribution in [0.2, 0.25) is 0 Å². The lowest BCUT2D eigenvalue weighted by Crippen LogP contribution is -2.29. The molecule has 0 aliphatic heterocycles. The van der Waals surface area contributed by atoms with E-state index in [0.717, 1.165) is 23.3 Å². The number of amides is 1. The smallest absolute Gasteiger partial charge is 0.246 e. The van der Waals surface area contributed by atoms with E-state index in [0.29, 0.717) is 18.7 Å². The SMILES string of the molecule is CCCN(Cc1ccc(C#N)cc1)C(=O)/C=C/c1ccccc1OC. The predicted octanol–water partition coefficient (Wildman–Crippen LogP) is 4.02. The van der Waals surface area contributed by atoms with Gasteiger partial charge >= 0.3 is 0 Å². The van der Waals surface area contributed by atoms with Crippen molar-refractivity contribution in [2.75, 3.05) is 13.7 Å². The summed E-state index contributed by atoms with van der Waals surface area (Å²) < 4.78 is 5.30. The second-order valence-electron chi connectivity index (χ2n) is 5.64. The highest BCUT2D eigenvalue weighted by Crippen LogP contribution is 2.19. The van der Waals surface area contributed by atoms with Gasteiger partial charge in [-0.1, -0.05) is 37.3 Å². The molecule has 0 aliphatic carbocycles. The Morgan fingerprint density at radius 1 is 1.20 bits per heavy atom. The minimum absolute atomic E-state index is 0.0443. The molecule has 0 radical (unpaired) electrons. The first kappa shape index (κ1) is 18.3. The maximum Gasteiger partial charge on any atom is 0.246 e. The lowest BCUT2D eigenvalue weighted by molar-refractivity contribution is -0.126. The largest absolute Gasteiger partial charge is 0.496 e. The Labute approximate surface area is 149 Å². The molecule has 0 atom stereocenters. The van der Waals surface area contributed by atoms with Crippen LogP contribution in [0.15, 0.2) is 54.6 Å². The van der Waals surface area contributed by atoms with Gasteiger partial charge in [0, 0.05) is 24.7 Å². The van der Waals surface area contributed by atoms with Gasteiger partial charge in [-0.05, 0) is 36.3 Å². The van der Waals surface area contributed by atoms with E-state index in [2.05, 4.69) is 6.07 Å². The number of nitriles is 1. The van der Waals surface area contributed by atoms with Crippen LogP contribution in [0.5, 0.6) is 5.75 Å². The van der Waals surface area contributed by atoms with Gasteiger partial charge in [-0.25, -0.2) is 0 Å². The Bertz CT molecular complexity index is 773. The molecule has 1 amide bonds. The third-order valence-corrected chi connectivity index (χ3v) is 3.81. The lowest BCUT2D eigenvalue weighted by Gasteiger charge is -2.20. The molecule has 4 heteroatoms. The van der Waals surface area contributed by atoms with Crippen molar-refractivity contribution in [3.05, 3.63) is 71.3 Å². The van der Waals surface area contributed by atoms with Gasteiger partial charge in [0.1, 0.15) is 5.75 Å². The molecule has 2 aromatic carbocycles. The Kier molecular flexibility index (Phi) is 6.79. The maximum absolute atomic E-state index is 12.6. The Hall–Kier alpha value is -3.06. The molecule has 0 spiro atoms. The highest BCUT2D eigenvalue weighted by molar-refractivity contribution is 5.92. The van der Waals surface area contributed by atoms with Gasteiger partial charge in [0.25, 0.3) is 0 Å². The van der Waals surface area contributed by atoms with Gasteiger partial charge in [-0.15, -0.1) is 0 Å². The van der Waals surface area contributed by atoms with E-state index in [9.17, 15) is 4.79 Å². The number of para-hydroxylation sites is 1. The third-order valence-electron chi connectivity index (χ3n) is 3.81. The summed E-state index contributed by atoms with van der Waals surface area (Å²) in [4.78, 5) is 14.4. The van der Waals surface area contributed by atoms with Crippen LogP contribution in [-0.2, 0) is 11.3 Å². The minimum atomic E-state index is -0.0443. The highest BCUT2D eigenvalue weighted by Gasteiger charge is 2.11. The second kappa shape index (κ2) is 9.29. The Balaban J connectivity index is 2.11. The molecule has 2 rings (SSSR count). The van der Waals surface area contributed by atoms with Crippen LogP contribution in [0.3, 0.4) is 0 Å². The minimum Gasteiger partial charge on any atom is -0.496 e. The van der Waals surface area contributed by atoms with Gasteiger partial charge < -0.3 is 9.64 Å². The quantitative estimate of drug-likeness (QED) is 0.719. The second-order valence-corrected chi connectivity index (χ2v) is 5.64. The fourth-order valence-corrected chi connectivity index (χ4v) is 2.51. The first-order valence-corrected chi connectivity index (χ1v) is 8.27. The number of nitrogens with zero attached hydrogens (tertiary/aromatic N) is 2. The molecule has 0 N–H and O–H groups in total. The van der Waals surface area contributed by atoms with Crippen molar-refractivity contribution in [3.63, 3.8) is 0 Å². The number of rotatable bonds is 7. The van der Waals surface area contributed by atoms with E-state index in [1.807, 2.05) is 43.3 Å². The highest BCUT2D eigenvalue weighted by atomic mass is 16.5. The first-order chi connectivity index (χ1) is 12.2. The van der Waals surface area contributed by atoms with E-state index in [1.165, 1.54) is 0 Å². The standard InChI is InChI=1S/C21H22N2O2/c1-3-14-23(16-18-10-8-17(15-22)9-11-18)21(24)13-12-19-6-4-5-7-20(19)25-2/h4-13H,3,14,16H2,1-2H3/b13-12+. The van der Waals surface area contributed by atoms with Crippen molar-refractivity contribution in [3.8, 4) is 11.8 Å². The fraction of sp³-hybridized carbons (Fsp3) is 0.238. The molecule has 25 heavy (non-hydrogen) atoms. The number of ether oxygens (including phenoxy) is 1. The molecule has 128 valence electrons. The molecule has 0 saturated heterocycles. The average molecular weight is 334 g/mol. The van der Waals surface area contributed by atoms with Crippen molar-refractivity contribution in [2.24, 2.45) is 0 Å². The van der Waals surface area contributed by atoms with Crippen LogP contribution in [0.1, 0.15) is 30.0 Å². The molecule has 0 heterocycles. The fourth-order valence-electron chi connectivity index (χ4n) is 2.51. The van der Waals surface area contributed by atoms with Gasteiger partial charge in [0.2, 0.25) is 5.91 Å². The number of benzene rings is 2. The summed E-state index contributed by atoms with van der Waals surface area (Å²) in [6.07, 6.45) is 4.24. The average Bonchev–Trinajstić information content (AvgIpc) is 2.66. The van der Waals surface area contributed by atoms with E-state index in [-0.39, 0.29) is 5.91 Å². The zero-order valence-corrected chi connectivity index (χ0v) is 14.6. The summed E-state index contributed by atoms with van der Waals surface area (Å²) in [5, 5.41) is 8.87. The lowest BCUT2D eigenvalue weighted by atomic mass is 10.1. The number of carbonyl (C=O) groups is 1. The van der Waals surface area contributed by atoms with Crippen molar-refractivity contribution in [1.82, 2.24) is 4.90 Å². The van der Waals surface area contributed by atoms with E-state index in [4.69, 9.17) is 10.00 Å². The summed E-state index contributed by atoms with van der Waals surface area (Å²) in [6, 6.07) is 17.0. The van der Waals surface area contributed by atoms with E-state index < -0.39 is 0 Å². The zero-order chi connectivity index (χ0) is 18.1. The Morgan fingerprint density at radius 2 is 1.92 bits per heavy atom. The molecule has 0 saturated carbocycles. The Morgan fingerprint density at radius 3 is 2.56 bits per heavy atom.